The standard InChI is InChI=1S/C21H38O6/c1-5-16-9-21(26-14-19(7-3,11-23)15-27-21)17(6-2)8-20(16)24-12-18(4,10-22)13-25-20/h16-17,22-23H,5-15H2,1-4H3. The first kappa shape index (κ1) is 21.5. The molecule has 158 valence electrons. The fraction of sp³-hybridized carbons (Fsp3) is 1.00. The molecular formula is C21H38O6. The first-order chi connectivity index (χ1) is 12.8. The third-order valence-corrected chi connectivity index (χ3v) is 7.33. The molecule has 3 aliphatic rings. The lowest BCUT2D eigenvalue weighted by molar-refractivity contribution is -0.405. The van der Waals surface area contributed by atoms with E-state index in [0.29, 0.717) is 26.4 Å². The molecule has 2 saturated heterocycles. The molecule has 2 N–H and O–H groups in total. The number of ether oxygens (including phenoxy) is 4. The van der Waals surface area contributed by atoms with Gasteiger partial charge in [-0.2, -0.15) is 0 Å². The van der Waals surface area contributed by atoms with Gasteiger partial charge in [-0.3, -0.25) is 0 Å². The van der Waals surface area contributed by atoms with Crippen LogP contribution in [0.15, 0.2) is 0 Å². The third kappa shape index (κ3) is 3.69. The van der Waals surface area contributed by atoms with Crippen LogP contribution in [0.3, 0.4) is 0 Å². The van der Waals surface area contributed by atoms with Gasteiger partial charge in [0, 0.05) is 35.5 Å². The summed E-state index contributed by atoms with van der Waals surface area (Å²) in [5.41, 5.74) is -0.624. The molecule has 2 spiro atoms. The summed E-state index contributed by atoms with van der Waals surface area (Å²) in [6.45, 7) is 10.6. The summed E-state index contributed by atoms with van der Waals surface area (Å²) in [5.74, 6) is -0.878. The number of aliphatic hydroxyl groups excluding tert-OH is 2. The lowest BCUT2D eigenvalue weighted by Gasteiger charge is -2.58. The van der Waals surface area contributed by atoms with Crippen molar-refractivity contribution in [2.24, 2.45) is 22.7 Å². The smallest absolute Gasteiger partial charge is 0.171 e. The van der Waals surface area contributed by atoms with E-state index >= 15 is 0 Å². The summed E-state index contributed by atoms with van der Waals surface area (Å²) in [6, 6.07) is 0. The predicted octanol–water partition coefficient (Wildman–Crippen LogP) is 2.71. The van der Waals surface area contributed by atoms with Gasteiger partial charge in [0.15, 0.2) is 11.6 Å². The van der Waals surface area contributed by atoms with Crippen LogP contribution >= 0.6 is 0 Å². The SMILES string of the molecule is CCC1CC2(OCC(CC)(CO)CO2)C(CC)CC12OCC(C)(CO)CO2. The highest BCUT2D eigenvalue weighted by Gasteiger charge is 2.60. The van der Waals surface area contributed by atoms with E-state index in [1.807, 2.05) is 6.92 Å². The van der Waals surface area contributed by atoms with Crippen molar-refractivity contribution < 1.29 is 29.2 Å². The maximum absolute atomic E-state index is 9.80. The van der Waals surface area contributed by atoms with Crippen molar-refractivity contribution in [3.05, 3.63) is 0 Å². The van der Waals surface area contributed by atoms with Crippen LogP contribution in [0.5, 0.6) is 0 Å². The highest BCUT2D eigenvalue weighted by atomic mass is 16.7. The largest absolute Gasteiger partial charge is 0.396 e. The van der Waals surface area contributed by atoms with Crippen LogP contribution in [-0.4, -0.2) is 61.4 Å². The molecule has 0 amide bonds. The normalized spacial score (nSPS) is 48.2. The van der Waals surface area contributed by atoms with Crippen molar-refractivity contribution in [3.63, 3.8) is 0 Å². The summed E-state index contributed by atoms with van der Waals surface area (Å²) >= 11 is 0. The Balaban J connectivity index is 1.78. The average Bonchev–Trinajstić information content (AvgIpc) is 2.72. The van der Waals surface area contributed by atoms with Crippen LogP contribution in [0.25, 0.3) is 0 Å². The summed E-state index contributed by atoms with van der Waals surface area (Å²) in [4.78, 5) is 0. The summed E-state index contributed by atoms with van der Waals surface area (Å²) in [7, 11) is 0. The van der Waals surface area contributed by atoms with Gasteiger partial charge in [0.05, 0.1) is 39.6 Å². The Morgan fingerprint density at radius 3 is 1.52 bits per heavy atom. The molecule has 3 rings (SSSR count). The third-order valence-electron chi connectivity index (χ3n) is 7.33. The van der Waals surface area contributed by atoms with E-state index in [-0.39, 0.29) is 35.9 Å². The lowest BCUT2D eigenvalue weighted by atomic mass is 9.69. The molecule has 0 radical (unpaired) electrons. The molecule has 1 aliphatic carbocycles. The number of rotatable bonds is 5. The zero-order valence-corrected chi connectivity index (χ0v) is 17.5. The van der Waals surface area contributed by atoms with Crippen molar-refractivity contribution in [3.8, 4) is 0 Å². The zero-order chi connectivity index (χ0) is 19.8. The van der Waals surface area contributed by atoms with Crippen LogP contribution in [0.4, 0.5) is 0 Å². The van der Waals surface area contributed by atoms with Gasteiger partial charge in [0.25, 0.3) is 0 Å². The van der Waals surface area contributed by atoms with Gasteiger partial charge in [0.1, 0.15) is 0 Å². The van der Waals surface area contributed by atoms with Crippen LogP contribution in [0.2, 0.25) is 0 Å². The molecule has 0 bridgehead atoms. The molecule has 6 heteroatoms. The van der Waals surface area contributed by atoms with E-state index in [1.54, 1.807) is 0 Å². The van der Waals surface area contributed by atoms with Crippen LogP contribution in [0.1, 0.15) is 59.8 Å². The number of aliphatic hydroxyl groups is 2. The van der Waals surface area contributed by atoms with Crippen molar-refractivity contribution in [1.29, 1.82) is 0 Å². The highest BCUT2D eigenvalue weighted by molar-refractivity contribution is 5.01. The van der Waals surface area contributed by atoms with Gasteiger partial charge < -0.3 is 29.2 Å². The Morgan fingerprint density at radius 1 is 0.741 bits per heavy atom. The minimum absolute atomic E-state index is 0.0630. The molecule has 2 heterocycles. The van der Waals surface area contributed by atoms with Gasteiger partial charge in [-0.25, -0.2) is 0 Å². The Hall–Kier alpha value is -0.240. The molecule has 2 atom stereocenters. The molecule has 1 saturated carbocycles. The molecule has 0 aromatic rings. The second kappa shape index (κ2) is 7.88. The van der Waals surface area contributed by atoms with Crippen molar-refractivity contribution >= 4 is 0 Å². The lowest BCUT2D eigenvalue weighted by Crippen LogP contribution is -2.65. The first-order valence-corrected chi connectivity index (χ1v) is 10.6. The van der Waals surface area contributed by atoms with E-state index < -0.39 is 11.6 Å². The molecule has 3 fully saturated rings. The molecule has 6 nitrogen and oxygen atoms in total. The second-order valence-corrected chi connectivity index (χ2v) is 9.38. The predicted molar refractivity (Wildman–Crippen MR) is 101 cm³/mol. The van der Waals surface area contributed by atoms with Crippen LogP contribution in [-0.2, 0) is 18.9 Å². The van der Waals surface area contributed by atoms with Gasteiger partial charge >= 0.3 is 0 Å². The highest BCUT2D eigenvalue weighted by Crippen LogP contribution is 2.54. The van der Waals surface area contributed by atoms with Crippen molar-refractivity contribution in [1.82, 2.24) is 0 Å². The number of hydrogen-bond donors (Lipinski definition) is 2. The van der Waals surface area contributed by atoms with E-state index in [9.17, 15) is 10.2 Å². The molecule has 2 unspecified atom stereocenters. The van der Waals surface area contributed by atoms with Crippen LogP contribution in [0, 0.1) is 22.7 Å². The van der Waals surface area contributed by atoms with Gasteiger partial charge in [-0.1, -0.05) is 27.7 Å². The maximum Gasteiger partial charge on any atom is 0.171 e. The monoisotopic (exact) mass is 386 g/mol. The summed E-state index contributed by atoms with van der Waals surface area (Å²) in [6.07, 6.45) is 4.15. The molecule has 0 aromatic carbocycles. The fourth-order valence-electron chi connectivity index (χ4n) is 4.76. The second-order valence-electron chi connectivity index (χ2n) is 9.38. The van der Waals surface area contributed by atoms with Gasteiger partial charge in [-0.15, -0.1) is 0 Å². The van der Waals surface area contributed by atoms with Gasteiger partial charge in [0.2, 0.25) is 0 Å². The van der Waals surface area contributed by atoms with Crippen molar-refractivity contribution in [2.75, 3.05) is 39.6 Å². The Morgan fingerprint density at radius 2 is 1.19 bits per heavy atom. The minimum Gasteiger partial charge on any atom is -0.396 e. The fourth-order valence-corrected chi connectivity index (χ4v) is 4.76. The van der Waals surface area contributed by atoms with E-state index in [4.69, 9.17) is 18.9 Å². The molecule has 2 aliphatic heterocycles. The average molecular weight is 387 g/mol. The van der Waals surface area contributed by atoms with Crippen LogP contribution < -0.4 is 0 Å². The topological polar surface area (TPSA) is 77.4 Å². The van der Waals surface area contributed by atoms with E-state index in [2.05, 4.69) is 20.8 Å². The Labute approximate surface area is 163 Å². The Kier molecular flexibility index (Phi) is 6.27. The van der Waals surface area contributed by atoms with Crippen molar-refractivity contribution in [2.45, 2.75) is 71.4 Å². The summed E-state index contributed by atoms with van der Waals surface area (Å²) < 4.78 is 25.5. The van der Waals surface area contributed by atoms with Gasteiger partial charge in [-0.05, 0) is 19.3 Å². The molecule has 27 heavy (non-hydrogen) atoms. The quantitative estimate of drug-likeness (QED) is 0.757. The molecular weight excluding hydrogens is 348 g/mol. The maximum atomic E-state index is 9.80. The van der Waals surface area contributed by atoms with E-state index in [1.165, 1.54) is 0 Å². The molecule has 0 aromatic heterocycles. The summed E-state index contributed by atoms with van der Waals surface area (Å²) in [5, 5.41) is 19.4. The zero-order valence-electron chi connectivity index (χ0n) is 17.5. The first-order valence-electron chi connectivity index (χ1n) is 10.6. The number of hydrogen-bond acceptors (Lipinski definition) is 6. The van der Waals surface area contributed by atoms with E-state index in [0.717, 1.165) is 32.1 Å². The minimum atomic E-state index is -0.613. The Bertz CT molecular complexity index is 485.